The van der Waals surface area contributed by atoms with Gasteiger partial charge >= 0.3 is 0 Å². The predicted octanol–water partition coefficient (Wildman–Crippen LogP) is 1.66. The van der Waals surface area contributed by atoms with Crippen LogP contribution in [0.3, 0.4) is 0 Å². The van der Waals surface area contributed by atoms with E-state index in [1.165, 1.54) is 0 Å². The molecule has 1 unspecified atom stereocenters. The Balaban J connectivity index is 3.27. The van der Waals surface area contributed by atoms with Gasteiger partial charge in [-0.1, -0.05) is 26.8 Å². The van der Waals surface area contributed by atoms with Gasteiger partial charge in [0, 0.05) is 6.54 Å². The molecule has 1 rings (SSSR count). The third-order valence-corrected chi connectivity index (χ3v) is 3.08. The zero-order valence-electron chi connectivity index (χ0n) is 11.9. The van der Waals surface area contributed by atoms with E-state index in [2.05, 4.69) is 26.2 Å². The van der Waals surface area contributed by atoms with Crippen LogP contribution >= 0.6 is 0 Å². The van der Waals surface area contributed by atoms with Crippen LogP contribution in [0.2, 0.25) is 0 Å². The topological polar surface area (TPSA) is 67.5 Å². The molecule has 0 bridgehead atoms. The van der Waals surface area contributed by atoms with E-state index in [1.807, 2.05) is 18.2 Å². The highest BCUT2D eigenvalue weighted by molar-refractivity contribution is 5.43. The van der Waals surface area contributed by atoms with Crippen molar-refractivity contribution in [1.82, 2.24) is 5.43 Å². The summed E-state index contributed by atoms with van der Waals surface area (Å²) in [7, 11) is 1.66. The largest absolute Gasteiger partial charge is 0.496 e. The number of methoxy groups -OCH3 is 1. The van der Waals surface area contributed by atoms with Gasteiger partial charge in [-0.05, 0) is 35.6 Å². The molecule has 0 aliphatic rings. The van der Waals surface area contributed by atoms with Crippen molar-refractivity contribution in [3.63, 3.8) is 0 Å². The highest BCUT2D eigenvalue weighted by Crippen LogP contribution is 2.34. The molecule has 0 aliphatic heterocycles. The van der Waals surface area contributed by atoms with E-state index < -0.39 is 5.60 Å². The van der Waals surface area contributed by atoms with Crippen LogP contribution in [0.4, 0.5) is 0 Å². The van der Waals surface area contributed by atoms with Crippen LogP contribution in [0.25, 0.3) is 0 Å². The minimum absolute atomic E-state index is 0.0480. The van der Waals surface area contributed by atoms with E-state index in [-0.39, 0.29) is 5.41 Å². The van der Waals surface area contributed by atoms with E-state index >= 15 is 0 Å². The van der Waals surface area contributed by atoms with Gasteiger partial charge in [-0.3, -0.25) is 11.3 Å². The Morgan fingerprint density at radius 1 is 1.28 bits per heavy atom. The lowest BCUT2D eigenvalue weighted by Crippen LogP contribution is -2.39. The van der Waals surface area contributed by atoms with Crippen molar-refractivity contribution in [2.24, 2.45) is 5.84 Å². The number of nitrogens with one attached hydrogen (secondary N) is 1. The maximum Gasteiger partial charge on any atom is 0.122 e. The molecule has 4 N–H and O–H groups in total. The van der Waals surface area contributed by atoms with Crippen LogP contribution in [-0.4, -0.2) is 18.8 Å². The lowest BCUT2D eigenvalue weighted by Gasteiger charge is -2.28. The zero-order chi connectivity index (χ0) is 14.0. The molecule has 102 valence electrons. The first kappa shape index (κ1) is 15.0. The standard InChI is InChI=1S/C14H24N2O2/c1-13(2,3)11-8-10(6-7-12(11)18-5)14(4,17)9-16-15/h6-8,16-17H,9,15H2,1-5H3. The van der Waals surface area contributed by atoms with Gasteiger partial charge in [-0.15, -0.1) is 0 Å². The maximum atomic E-state index is 10.4. The van der Waals surface area contributed by atoms with Crippen molar-refractivity contribution in [3.05, 3.63) is 29.3 Å². The van der Waals surface area contributed by atoms with Crippen molar-refractivity contribution in [2.75, 3.05) is 13.7 Å². The van der Waals surface area contributed by atoms with Gasteiger partial charge in [0.2, 0.25) is 0 Å². The molecule has 0 heterocycles. The minimum Gasteiger partial charge on any atom is -0.496 e. The zero-order valence-corrected chi connectivity index (χ0v) is 11.9. The van der Waals surface area contributed by atoms with Crippen LogP contribution in [0.15, 0.2) is 18.2 Å². The van der Waals surface area contributed by atoms with Crippen LogP contribution < -0.4 is 16.0 Å². The van der Waals surface area contributed by atoms with E-state index in [0.717, 1.165) is 16.9 Å². The van der Waals surface area contributed by atoms with Gasteiger partial charge in [-0.2, -0.15) is 0 Å². The number of hydrogen-bond acceptors (Lipinski definition) is 4. The van der Waals surface area contributed by atoms with E-state index in [9.17, 15) is 5.11 Å². The first-order valence-electron chi connectivity index (χ1n) is 6.07. The third kappa shape index (κ3) is 3.22. The molecule has 1 aromatic rings. The fourth-order valence-electron chi connectivity index (χ4n) is 1.93. The molecule has 0 spiro atoms. The molecule has 0 aromatic heterocycles. The second-order valence-corrected chi connectivity index (χ2v) is 5.82. The van der Waals surface area contributed by atoms with Crippen molar-refractivity contribution >= 4 is 0 Å². The van der Waals surface area contributed by atoms with Crippen molar-refractivity contribution in [2.45, 2.75) is 38.7 Å². The van der Waals surface area contributed by atoms with Crippen molar-refractivity contribution in [1.29, 1.82) is 0 Å². The van der Waals surface area contributed by atoms with Crippen molar-refractivity contribution in [3.8, 4) is 5.75 Å². The highest BCUT2D eigenvalue weighted by atomic mass is 16.5. The number of ether oxygens (including phenoxy) is 1. The van der Waals surface area contributed by atoms with E-state index in [4.69, 9.17) is 10.6 Å². The second-order valence-electron chi connectivity index (χ2n) is 5.82. The van der Waals surface area contributed by atoms with Crippen LogP contribution in [-0.2, 0) is 11.0 Å². The van der Waals surface area contributed by atoms with Crippen molar-refractivity contribution < 1.29 is 9.84 Å². The average Bonchev–Trinajstić information content (AvgIpc) is 2.27. The summed E-state index contributed by atoms with van der Waals surface area (Å²) in [6, 6.07) is 5.74. The maximum absolute atomic E-state index is 10.4. The van der Waals surface area contributed by atoms with Gasteiger partial charge in [0.15, 0.2) is 0 Å². The summed E-state index contributed by atoms with van der Waals surface area (Å²) in [5.74, 6) is 6.13. The average molecular weight is 252 g/mol. The molecular weight excluding hydrogens is 228 g/mol. The monoisotopic (exact) mass is 252 g/mol. The SMILES string of the molecule is COc1ccc(C(C)(O)CNN)cc1C(C)(C)C. The molecule has 0 amide bonds. The number of rotatable bonds is 4. The Morgan fingerprint density at radius 2 is 1.89 bits per heavy atom. The molecule has 1 atom stereocenters. The molecule has 18 heavy (non-hydrogen) atoms. The number of hydrogen-bond donors (Lipinski definition) is 3. The highest BCUT2D eigenvalue weighted by Gasteiger charge is 2.26. The summed E-state index contributed by atoms with van der Waals surface area (Å²) in [4.78, 5) is 0. The predicted molar refractivity (Wildman–Crippen MR) is 73.5 cm³/mol. The Labute approximate surface area is 109 Å². The molecule has 0 fully saturated rings. The van der Waals surface area contributed by atoms with Gasteiger partial charge < -0.3 is 9.84 Å². The molecule has 0 aliphatic carbocycles. The summed E-state index contributed by atoms with van der Waals surface area (Å²) in [5, 5.41) is 10.4. The Bertz CT molecular complexity index is 409. The fourth-order valence-corrected chi connectivity index (χ4v) is 1.93. The molecule has 0 radical (unpaired) electrons. The van der Waals surface area contributed by atoms with E-state index in [1.54, 1.807) is 14.0 Å². The Hall–Kier alpha value is -1.10. The first-order valence-corrected chi connectivity index (χ1v) is 6.07. The molecule has 0 saturated heterocycles. The lowest BCUT2D eigenvalue weighted by molar-refractivity contribution is 0.0570. The summed E-state index contributed by atoms with van der Waals surface area (Å²) in [6.45, 7) is 8.38. The van der Waals surface area contributed by atoms with Gasteiger partial charge in [0.1, 0.15) is 11.4 Å². The minimum atomic E-state index is -0.999. The second kappa shape index (κ2) is 5.26. The molecule has 4 heteroatoms. The van der Waals surface area contributed by atoms with Crippen LogP contribution in [0.1, 0.15) is 38.8 Å². The molecule has 0 saturated carbocycles. The normalized spacial score (nSPS) is 15.3. The van der Waals surface area contributed by atoms with E-state index in [0.29, 0.717) is 6.54 Å². The summed E-state index contributed by atoms with van der Waals surface area (Å²) in [6.07, 6.45) is 0. The summed E-state index contributed by atoms with van der Waals surface area (Å²) >= 11 is 0. The fraction of sp³-hybridized carbons (Fsp3) is 0.571. The molecular formula is C14H24N2O2. The number of benzene rings is 1. The third-order valence-electron chi connectivity index (χ3n) is 3.08. The Kier molecular flexibility index (Phi) is 4.37. The molecule has 1 aromatic carbocycles. The number of hydrazine groups is 1. The van der Waals surface area contributed by atoms with Crippen LogP contribution in [0.5, 0.6) is 5.75 Å². The summed E-state index contributed by atoms with van der Waals surface area (Å²) < 4.78 is 5.38. The lowest BCUT2D eigenvalue weighted by atomic mass is 9.83. The van der Waals surface area contributed by atoms with Crippen LogP contribution in [0, 0.1) is 0 Å². The number of nitrogens with two attached hydrogens (primary N) is 1. The smallest absolute Gasteiger partial charge is 0.122 e. The quantitative estimate of drug-likeness (QED) is 0.563. The first-order chi connectivity index (χ1) is 8.22. The van der Waals surface area contributed by atoms with Gasteiger partial charge in [-0.25, -0.2) is 0 Å². The molecule has 4 nitrogen and oxygen atoms in total. The Morgan fingerprint density at radius 3 is 2.33 bits per heavy atom. The summed E-state index contributed by atoms with van der Waals surface area (Å²) in [5.41, 5.74) is 3.36. The van der Waals surface area contributed by atoms with Gasteiger partial charge in [0.05, 0.1) is 7.11 Å². The number of aliphatic hydroxyl groups is 1. The van der Waals surface area contributed by atoms with Gasteiger partial charge in [0.25, 0.3) is 0 Å².